The van der Waals surface area contributed by atoms with E-state index in [1.165, 1.54) is 19.3 Å². The molecule has 1 amide bonds. The van der Waals surface area contributed by atoms with Crippen molar-refractivity contribution in [2.75, 3.05) is 50.0 Å². The second kappa shape index (κ2) is 10.2. The van der Waals surface area contributed by atoms with Crippen molar-refractivity contribution in [3.8, 4) is 0 Å². The van der Waals surface area contributed by atoms with Gasteiger partial charge in [0.25, 0.3) is 5.91 Å². The van der Waals surface area contributed by atoms with Gasteiger partial charge in [0.05, 0.1) is 17.4 Å². The molecule has 188 valence electrons. The predicted octanol–water partition coefficient (Wildman–Crippen LogP) is 3.57. The molecule has 2 N–H and O–H groups in total. The minimum absolute atomic E-state index is 0. The van der Waals surface area contributed by atoms with Crippen molar-refractivity contribution < 1.29 is 4.79 Å². The lowest BCUT2D eigenvalue weighted by Crippen LogP contribution is -2.52. The largest absolute Gasteiger partial charge is 0.368 e. The lowest BCUT2D eigenvalue weighted by Gasteiger charge is -2.42. The number of carbonyl (C=O) groups is 1. The number of amides is 1. The maximum absolute atomic E-state index is 12.6. The van der Waals surface area contributed by atoms with Crippen LogP contribution in [0.5, 0.6) is 0 Å². The number of aromatic nitrogens is 4. The number of fused-ring (bicyclic) bond motifs is 4. The quantitative estimate of drug-likeness (QED) is 0.547. The van der Waals surface area contributed by atoms with Crippen LogP contribution in [-0.4, -0.2) is 70.1 Å². The second-order valence-corrected chi connectivity index (χ2v) is 9.62. The molecule has 11 heteroatoms. The summed E-state index contributed by atoms with van der Waals surface area (Å²) in [5, 5.41) is 7.27. The van der Waals surface area contributed by atoms with Crippen LogP contribution in [0, 0.1) is 0 Å². The van der Waals surface area contributed by atoms with Gasteiger partial charge in [-0.15, -0.1) is 24.8 Å². The van der Waals surface area contributed by atoms with Crippen LogP contribution in [0.4, 0.5) is 17.5 Å². The topological polar surface area (TPSA) is 91.2 Å². The Bertz CT molecular complexity index is 1180. The monoisotopic (exact) mass is 518 g/mol. The summed E-state index contributed by atoms with van der Waals surface area (Å²) in [6, 6.07) is 6.00. The summed E-state index contributed by atoms with van der Waals surface area (Å²) in [4.78, 5) is 31.3. The lowest BCUT2D eigenvalue weighted by atomic mass is 9.80. The summed E-state index contributed by atoms with van der Waals surface area (Å²) in [5.41, 5.74) is 2.57. The van der Waals surface area contributed by atoms with Crippen LogP contribution in [-0.2, 0) is 5.54 Å². The summed E-state index contributed by atoms with van der Waals surface area (Å²) in [6.07, 6.45) is 9.44. The third-order valence-corrected chi connectivity index (χ3v) is 7.47. The van der Waals surface area contributed by atoms with Crippen molar-refractivity contribution in [3.63, 3.8) is 0 Å². The molecule has 6 rings (SSSR count). The number of likely N-dealkylation sites (N-methyl/N-ethyl adjacent to an activating group) is 1. The standard InChI is InChI=1S/C24H30N8O.2ClH/c1-30-9-11-31(12-10-30)18-5-6-20(25-15-18)28-23-26-14-17-13-19-22(33)27-16-24(7-3-2-4-8-24)32(19)21(17)29-23;;/h5-6,13-15H,2-4,7-12,16H2,1H3,(H,27,33)(H,25,26,28,29);2*1H. The molecule has 3 aromatic rings. The number of nitrogens with one attached hydrogen (secondary N) is 2. The van der Waals surface area contributed by atoms with Gasteiger partial charge in [-0.1, -0.05) is 19.3 Å². The molecule has 0 bridgehead atoms. The smallest absolute Gasteiger partial charge is 0.268 e. The maximum Gasteiger partial charge on any atom is 0.268 e. The molecule has 1 spiro atoms. The molecule has 2 aliphatic heterocycles. The zero-order valence-electron chi connectivity index (χ0n) is 19.9. The number of hydrogen-bond donors (Lipinski definition) is 2. The van der Waals surface area contributed by atoms with Crippen molar-refractivity contribution in [2.45, 2.75) is 37.6 Å². The fourth-order valence-electron chi connectivity index (χ4n) is 5.55. The van der Waals surface area contributed by atoms with Crippen LogP contribution in [0.25, 0.3) is 11.0 Å². The average molecular weight is 519 g/mol. The summed E-state index contributed by atoms with van der Waals surface area (Å²) >= 11 is 0. The molecule has 0 atom stereocenters. The van der Waals surface area contributed by atoms with E-state index in [1.807, 2.05) is 18.3 Å². The Morgan fingerprint density at radius 3 is 2.49 bits per heavy atom. The number of anilines is 3. The molecule has 3 aromatic heterocycles. The van der Waals surface area contributed by atoms with E-state index < -0.39 is 0 Å². The van der Waals surface area contributed by atoms with Gasteiger partial charge in [-0.05, 0) is 38.1 Å². The molecular weight excluding hydrogens is 487 g/mol. The Kier molecular flexibility index (Phi) is 7.40. The third kappa shape index (κ3) is 4.64. The zero-order chi connectivity index (χ0) is 22.4. The van der Waals surface area contributed by atoms with Crippen LogP contribution in [0.2, 0.25) is 0 Å². The lowest BCUT2D eigenvalue weighted by molar-refractivity contribution is 0.0833. The van der Waals surface area contributed by atoms with E-state index in [2.05, 4.69) is 48.1 Å². The molecular formula is C24H32Cl2N8O. The highest BCUT2D eigenvalue weighted by Crippen LogP contribution is 2.40. The Hall–Kier alpha value is -2.62. The van der Waals surface area contributed by atoms with Crippen LogP contribution in [0.1, 0.15) is 42.6 Å². The van der Waals surface area contributed by atoms with E-state index >= 15 is 0 Å². The van der Waals surface area contributed by atoms with Crippen molar-refractivity contribution in [3.05, 3.63) is 36.3 Å². The minimum atomic E-state index is -0.0860. The van der Waals surface area contributed by atoms with E-state index in [4.69, 9.17) is 4.98 Å². The molecule has 9 nitrogen and oxygen atoms in total. The number of nitrogens with zero attached hydrogens (tertiary/aromatic N) is 6. The predicted molar refractivity (Wildman–Crippen MR) is 143 cm³/mol. The average Bonchev–Trinajstić information content (AvgIpc) is 3.24. The summed E-state index contributed by atoms with van der Waals surface area (Å²) in [5.74, 6) is 1.18. The first kappa shape index (κ1) is 25.5. The highest BCUT2D eigenvalue weighted by atomic mass is 35.5. The van der Waals surface area contributed by atoms with Gasteiger partial charge >= 0.3 is 0 Å². The Balaban J connectivity index is 0.00000144. The molecule has 0 aromatic carbocycles. The van der Waals surface area contributed by atoms with E-state index in [0.717, 1.165) is 55.7 Å². The molecule has 5 heterocycles. The molecule has 2 fully saturated rings. The Morgan fingerprint density at radius 2 is 1.77 bits per heavy atom. The van der Waals surface area contributed by atoms with E-state index in [9.17, 15) is 4.79 Å². The van der Waals surface area contributed by atoms with E-state index in [-0.39, 0.29) is 36.3 Å². The summed E-state index contributed by atoms with van der Waals surface area (Å²) < 4.78 is 2.19. The fourth-order valence-corrected chi connectivity index (χ4v) is 5.55. The van der Waals surface area contributed by atoms with Crippen molar-refractivity contribution in [1.29, 1.82) is 0 Å². The number of piperazine rings is 1. The molecule has 1 saturated carbocycles. The van der Waals surface area contributed by atoms with Crippen molar-refractivity contribution in [2.24, 2.45) is 0 Å². The van der Waals surface area contributed by atoms with Gasteiger partial charge in [-0.3, -0.25) is 4.79 Å². The normalized spacial score (nSPS) is 19.5. The van der Waals surface area contributed by atoms with Crippen LogP contribution in [0.3, 0.4) is 0 Å². The second-order valence-electron chi connectivity index (χ2n) is 9.62. The van der Waals surface area contributed by atoms with E-state index in [1.54, 1.807) is 6.20 Å². The van der Waals surface area contributed by atoms with Gasteiger partial charge in [-0.25, -0.2) is 9.97 Å². The number of carbonyl (C=O) groups excluding carboxylic acids is 1. The number of rotatable bonds is 3. The Labute approximate surface area is 217 Å². The summed E-state index contributed by atoms with van der Waals surface area (Å²) in [7, 11) is 2.16. The molecule has 0 radical (unpaired) electrons. The van der Waals surface area contributed by atoms with Crippen LogP contribution in [0.15, 0.2) is 30.6 Å². The fraction of sp³-hybridized carbons (Fsp3) is 0.500. The molecule has 0 unspecified atom stereocenters. The third-order valence-electron chi connectivity index (χ3n) is 7.47. The maximum atomic E-state index is 12.6. The zero-order valence-corrected chi connectivity index (χ0v) is 21.5. The molecule has 35 heavy (non-hydrogen) atoms. The van der Waals surface area contributed by atoms with Crippen LogP contribution < -0.4 is 15.5 Å². The first-order valence-electron chi connectivity index (χ1n) is 12.0. The first-order chi connectivity index (χ1) is 16.1. The first-order valence-corrected chi connectivity index (χ1v) is 12.0. The van der Waals surface area contributed by atoms with Gasteiger partial charge in [0.2, 0.25) is 5.95 Å². The van der Waals surface area contributed by atoms with Gasteiger partial charge in [0.1, 0.15) is 17.2 Å². The van der Waals surface area contributed by atoms with Crippen LogP contribution >= 0.6 is 24.8 Å². The number of pyridine rings is 1. The Morgan fingerprint density at radius 1 is 1.00 bits per heavy atom. The SMILES string of the molecule is CN1CCN(c2ccc(Nc3ncc4cc5n(c4n3)C3(CCCCC3)CNC5=O)nc2)CC1.Cl.Cl. The van der Waals surface area contributed by atoms with Gasteiger partial charge in [0, 0.05) is 44.3 Å². The van der Waals surface area contributed by atoms with Gasteiger partial charge in [-0.2, -0.15) is 4.98 Å². The molecule has 1 aliphatic carbocycles. The van der Waals surface area contributed by atoms with Crippen molar-refractivity contribution in [1.82, 2.24) is 29.7 Å². The highest BCUT2D eigenvalue weighted by Gasteiger charge is 2.41. The van der Waals surface area contributed by atoms with Crippen molar-refractivity contribution >= 4 is 59.2 Å². The van der Waals surface area contributed by atoms with Gasteiger partial charge in [0.15, 0.2) is 0 Å². The number of halogens is 2. The number of hydrogen-bond acceptors (Lipinski definition) is 7. The van der Waals surface area contributed by atoms with E-state index in [0.29, 0.717) is 24.0 Å². The molecule has 1 saturated heterocycles. The summed E-state index contributed by atoms with van der Waals surface area (Å²) in [6.45, 7) is 4.83. The van der Waals surface area contributed by atoms with Gasteiger partial charge < -0.3 is 25.0 Å². The highest BCUT2D eigenvalue weighted by molar-refractivity contribution is 5.99. The molecule has 3 aliphatic rings. The minimum Gasteiger partial charge on any atom is -0.368 e.